The molecule has 0 spiro atoms. The van der Waals surface area contributed by atoms with Crippen LogP contribution in [0.5, 0.6) is 0 Å². The summed E-state index contributed by atoms with van der Waals surface area (Å²) in [6.07, 6.45) is 0.344. The summed E-state index contributed by atoms with van der Waals surface area (Å²) >= 11 is 0. The number of morpholine rings is 1. The van der Waals surface area contributed by atoms with Crippen LogP contribution >= 0.6 is 0 Å². The van der Waals surface area contributed by atoms with Gasteiger partial charge < -0.3 is 20.1 Å². The first kappa shape index (κ1) is 15.3. The van der Waals surface area contributed by atoms with Crippen molar-refractivity contribution in [3.8, 4) is 11.8 Å². The monoisotopic (exact) mass is 292 g/mol. The molecule has 1 aliphatic rings. The fourth-order valence-electron chi connectivity index (χ4n) is 1.88. The van der Waals surface area contributed by atoms with Crippen LogP contribution in [0, 0.1) is 17.7 Å². The molecule has 2 amide bonds. The van der Waals surface area contributed by atoms with Gasteiger partial charge in [-0.1, -0.05) is 11.8 Å². The van der Waals surface area contributed by atoms with Crippen molar-refractivity contribution in [1.29, 1.82) is 0 Å². The summed E-state index contributed by atoms with van der Waals surface area (Å²) in [5.41, 5.74) is 0.629. The Kier molecular flexibility index (Phi) is 5.55. The van der Waals surface area contributed by atoms with E-state index in [4.69, 9.17) is 9.84 Å². The van der Waals surface area contributed by atoms with Gasteiger partial charge in [-0.2, -0.15) is 0 Å². The molecule has 0 radical (unpaired) electrons. The van der Waals surface area contributed by atoms with Crippen molar-refractivity contribution >= 4 is 11.7 Å². The largest absolute Gasteiger partial charge is 0.395 e. The van der Waals surface area contributed by atoms with Gasteiger partial charge in [-0.15, -0.1) is 0 Å². The molecule has 1 saturated heterocycles. The van der Waals surface area contributed by atoms with E-state index in [1.54, 1.807) is 11.0 Å². The third kappa shape index (κ3) is 4.45. The Morgan fingerprint density at radius 1 is 1.43 bits per heavy atom. The minimum absolute atomic E-state index is 0.0246. The van der Waals surface area contributed by atoms with Crippen LogP contribution in [0.4, 0.5) is 14.9 Å². The highest BCUT2D eigenvalue weighted by Gasteiger charge is 2.17. The van der Waals surface area contributed by atoms with E-state index in [1.807, 2.05) is 0 Å². The highest BCUT2D eigenvalue weighted by molar-refractivity contribution is 5.89. The SMILES string of the molecule is O=C(Nc1ccc(C#CCCO)cc1F)N1CCOCC1. The summed E-state index contributed by atoms with van der Waals surface area (Å²) in [7, 11) is 0. The summed E-state index contributed by atoms with van der Waals surface area (Å²) in [5, 5.41) is 11.2. The van der Waals surface area contributed by atoms with Crippen molar-refractivity contribution in [3.63, 3.8) is 0 Å². The van der Waals surface area contributed by atoms with Crippen molar-refractivity contribution in [1.82, 2.24) is 4.90 Å². The molecular weight excluding hydrogens is 275 g/mol. The summed E-state index contributed by atoms with van der Waals surface area (Å²) in [5.74, 6) is 4.92. The number of nitrogens with one attached hydrogen (secondary N) is 1. The van der Waals surface area contributed by atoms with Crippen molar-refractivity contribution in [2.24, 2.45) is 0 Å². The van der Waals surface area contributed by atoms with Crippen LogP contribution in [0.15, 0.2) is 18.2 Å². The maximum absolute atomic E-state index is 13.9. The van der Waals surface area contributed by atoms with Crippen molar-refractivity contribution in [3.05, 3.63) is 29.6 Å². The number of halogens is 1. The lowest BCUT2D eigenvalue weighted by atomic mass is 10.2. The molecule has 5 nitrogen and oxygen atoms in total. The number of rotatable bonds is 2. The van der Waals surface area contributed by atoms with E-state index in [2.05, 4.69) is 17.2 Å². The topological polar surface area (TPSA) is 61.8 Å². The minimum Gasteiger partial charge on any atom is -0.395 e. The first-order valence-electron chi connectivity index (χ1n) is 6.73. The Bertz CT molecular complexity index is 560. The number of carbonyl (C=O) groups is 1. The van der Waals surface area contributed by atoms with Gasteiger partial charge in [0.15, 0.2) is 0 Å². The van der Waals surface area contributed by atoms with E-state index in [1.165, 1.54) is 12.1 Å². The van der Waals surface area contributed by atoms with Crippen LogP contribution in [0.3, 0.4) is 0 Å². The molecule has 1 aromatic carbocycles. The standard InChI is InChI=1S/C15H17FN2O3/c16-13-11-12(3-1-2-8-19)4-5-14(13)17-15(20)18-6-9-21-10-7-18/h4-5,11,19H,2,6-10H2,(H,17,20). The van der Waals surface area contributed by atoms with Crippen LogP contribution in [0.25, 0.3) is 0 Å². The number of urea groups is 1. The summed E-state index contributed by atoms with van der Waals surface area (Å²) in [4.78, 5) is 13.5. The Morgan fingerprint density at radius 3 is 2.86 bits per heavy atom. The first-order valence-corrected chi connectivity index (χ1v) is 6.73. The Hall–Kier alpha value is -2.10. The highest BCUT2D eigenvalue weighted by Crippen LogP contribution is 2.16. The molecule has 1 heterocycles. The van der Waals surface area contributed by atoms with Gasteiger partial charge in [0.1, 0.15) is 5.82 Å². The molecule has 1 aliphatic heterocycles. The third-order valence-electron chi connectivity index (χ3n) is 2.98. The number of hydrogen-bond donors (Lipinski definition) is 2. The molecule has 0 unspecified atom stereocenters. The number of benzene rings is 1. The fourth-order valence-corrected chi connectivity index (χ4v) is 1.88. The number of hydrogen-bond acceptors (Lipinski definition) is 3. The molecule has 0 bridgehead atoms. The molecule has 112 valence electrons. The molecule has 2 N–H and O–H groups in total. The van der Waals surface area contributed by atoms with Gasteiger partial charge in [-0.05, 0) is 18.2 Å². The van der Waals surface area contributed by atoms with E-state index in [0.717, 1.165) is 0 Å². The van der Waals surface area contributed by atoms with Crippen LogP contribution < -0.4 is 5.32 Å². The minimum atomic E-state index is -0.535. The lowest BCUT2D eigenvalue weighted by molar-refractivity contribution is 0.0564. The molecular formula is C15H17FN2O3. The predicted molar refractivity (Wildman–Crippen MR) is 76.4 cm³/mol. The van der Waals surface area contributed by atoms with E-state index in [-0.39, 0.29) is 18.3 Å². The van der Waals surface area contributed by atoms with Gasteiger partial charge in [0.2, 0.25) is 0 Å². The van der Waals surface area contributed by atoms with Crippen molar-refractivity contribution in [2.75, 3.05) is 38.2 Å². The smallest absolute Gasteiger partial charge is 0.322 e. The van der Waals surface area contributed by atoms with Crippen LogP contribution in [-0.4, -0.2) is 48.9 Å². The molecule has 21 heavy (non-hydrogen) atoms. The zero-order valence-corrected chi connectivity index (χ0v) is 11.6. The highest BCUT2D eigenvalue weighted by atomic mass is 19.1. The molecule has 0 saturated carbocycles. The van der Waals surface area contributed by atoms with E-state index in [0.29, 0.717) is 38.3 Å². The molecule has 1 fully saturated rings. The van der Waals surface area contributed by atoms with Gasteiger partial charge >= 0.3 is 6.03 Å². The Morgan fingerprint density at radius 2 is 2.19 bits per heavy atom. The van der Waals surface area contributed by atoms with Crippen LogP contribution in [-0.2, 0) is 4.74 Å². The number of carbonyl (C=O) groups excluding carboxylic acids is 1. The number of amides is 2. The van der Waals surface area contributed by atoms with Gasteiger partial charge in [-0.3, -0.25) is 0 Å². The van der Waals surface area contributed by atoms with Crippen molar-refractivity contribution < 1.29 is 19.0 Å². The Labute approximate surface area is 122 Å². The van der Waals surface area contributed by atoms with Gasteiger partial charge in [0.25, 0.3) is 0 Å². The second kappa shape index (κ2) is 7.62. The lowest BCUT2D eigenvalue weighted by Crippen LogP contribution is -2.43. The predicted octanol–water partition coefficient (Wildman–Crippen LogP) is 1.42. The maximum Gasteiger partial charge on any atom is 0.322 e. The maximum atomic E-state index is 13.9. The fraction of sp³-hybridized carbons (Fsp3) is 0.400. The lowest BCUT2D eigenvalue weighted by Gasteiger charge is -2.27. The molecule has 0 aliphatic carbocycles. The molecule has 6 heteroatoms. The number of anilines is 1. The van der Waals surface area contributed by atoms with Crippen LogP contribution in [0.1, 0.15) is 12.0 Å². The second-order valence-electron chi connectivity index (χ2n) is 4.50. The second-order valence-corrected chi connectivity index (χ2v) is 4.50. The van der Waals surface area contributed by atoms with Crippen LogP contribution in [0.2, 0.25) is 0 Å². The molecule has 2 rings (SSSR count). The number of aliphatic hydroxyl groups is 1. The Balaban J connectivity index is 2.00. The van der Waals surface area contributed by atoms with E-state index in [9.17, 15) is 9.18 Å². The normalized spacial score (nSPS) is 14.3. The molecule has 0 aromatic heterocycles. The van der Waals surface area contributed by atoms with Crippen molar-refractivity contribution in [2.45, 2.75) is 6.42 Å². The average Bonchev–Trinajstić information content (AvgIpc) is 2.51. The average molecular weight is 292 g/mol. The summed E-state index contributed by atoms with van der Waals surface area (Å²) in [6, 6.07) is 4.04. The zero-order valence-electron chi connectivity index (χ0n) is 11.6. The number of nitrogens with zero attached hydrogens (tertiary/aromatic N) is 1. The first-order chi connectivity index (χ1) is 10.2. The van der Waals surface area contributed by atoms with E-state index >= 15 is 0 Å². The molecule has 0 atom stereocenters. The summed E-state index contributed by atoms with van der Waals surface area (Å²) in [6.45, 7) is 1.96. The van der Waals surface area contributed by atoms with E-state index < -0.39 is 5.82 Å². The zero-order chi connectivity index (χ0) is 15.1. The van der Waals surface area contributed by atoms with Gasteiger partial charge in [-0.25, -0.2) is 9.18 Å². The number of ether oxygens (including phenoxy) is 1. The quantitative estimate of drug-likeness (QED) is 0.811. The third-order valence-corrected chi connectivity index (χ3v) is 2.98. The van der Waals surface area contributed by atoms with Gasteiger partial charge in [0, 0.05) is 25.1 Å². The molecule has 1 aromatic rings. The number of aliphatic hydroxyl groups excluding tert-OH is 1. The van der Waals surface area contributed by atoms with Gasteiger partial charge in [0.05, 0.1) is 25.5 Å². The summed E-state index contributed by atoms with van der Waals surface area (Å²) < 4.78 is 19.1.